The molecule has 0 spiro atoms. The average Bonchev–Trinajstić information content (AvgIpc) is 2.88. The number of halogens is 1. The lowest BCUT2D eigenvalue weighted by atomic mass is 10.0. The van der Waals surface area contributed by atoms with Gasteiger partial charge >= 0.3 is 0 Å². The van der Waals surface area contributed by atoms with Crippen LogP contribution in [-0.2, 0) is 0 Å². The summed E-state index contributed by atoms with van der Waals surface area (Å²) in [7, 11) is 0. The van der Waals surface area contributed by atoms with E-state index in [2.05, 4.69) is 17.4 Å². The Morgan fingerprint density at radius 1 is 1.23 bits per heavy atom. The molecule has 3 aromatic rings. The third-order valence-electron chi connectivity index (χ3n) is 3.83. The van der Waals surface area contributed by atoms with Gasteiger partial charge in [-0.25, -0.2) is 4.98 Å². The molecular weight excluding hydrogens is 314 g/mol. The van der Waals surface area contributed by atoms with Gasteiger partial charge in [-0.1, -0.05) is 48.9 Å². The van der Waals surface area contributed by atoms with Crippen molar-refractivity contribution in [3.05, 3.63) is 58.9 Å². The summed E-state index contributed by atoms with van der Waals surface area (Å²) >= 11 is 11.2. The minimum absolute atomic E-state index is 0.0724. The van der Waals surface area contributed by atoms with Gasteiger partial charge in [-0.15, -0.1) is 0 Å². The minimum atomic E-state index is -0.0724. The molecule has 1 atom stereocenters. The predicted octanol–water partition coefficient (Wildman–Crippen LogP) is 4.35. The van der Waals surface area contributed by atoms with E-state index < -0.39 is 0 Å². The molecule has 22 heavy (non-hydrogen) atoms. The molecular formula is C17H16ClN3S. The van der Waals surface area contributed by atoms with Gasteiger partial charge in [-0.3, -0.25) is 4.40 Å². The third-order valence-corrected chi connectivity index (χ3v) is 4.43. The van der Waals surface area contributed by atoms with E-state index in [0.717, 1.165) is 28.3 Å². The van der Waals surface area contributed by atoms with Crippen LogP contribution in [0.15, 0.2) is 42.5 Å². The molecule has 3 nitrogen and oxygen atoms in total. The number of rotatable bonds is 3. The number of thiocarbonyl (C=S) groups is 1. The van der Waals surface area contributed by atoms with Gasteiger partial charge in [-0.2, -0.15) is 0 Å². The molecule has 3 rings (SSSR count). The lowest BCUT2D eigenvalue weighted by Crippen LogP contribution is -2.19. The molecule has 2 N–H and O–H groups in total. The molecule has 0 aliphatic heterocycles. The van der Waals surface area contributed by atoms with E-state index in [1.54, 1.807) is 0 Å². The Morgan fingerprint density at radius 3 is 2.55 bits per heavy atom. The first-order valence-electron chi connectivity index (χ1n) is 7.02. The van der Waals surface area contributed by atoms with Crippen molar-refractivity contribution >= 4 is 34.5 Å². The molecule has 1 aromatic carbocycles. The summed E-state index contributed by atoms with van der Waals surface area (Å²) in [5.41, 5.74) is 10.8. The highest BCUT2D eigenvalue weighted by Gasteiger charge is 2.22. The first-order valence-corrected chi connectivity index (χ1v) is 7.81. The Morgan fingerprint density at radius 2 is 1.91 bits per heavy atom. The smallest absolute Gasteiger partial charge is 0.137 e. The maximum absolute atomic E-state index is 5.99. The molecule has 1 unspecified atom stereocenters. The van der Waals surface area contributed by atoms with E-state index in [0.29, 0.717) is 10.0 Å². The molecule has 0 fully saturated rings. The van der Waals surface area contributed by atoms with Crippen LogP contribution in [0.4, 0.5) is 0 Å². The average molecular weight is 330 g/mol. The van der Waals surface area contributed by atoms with Crippen molar-refractivity contribution in [2.75, 3.05) is 0 Å². The Labute approximate surface area is 139 Å². The number of aromatic nitrogens is 2. The minimum Gasteiger partial charge on any atom is -0.393 e. The first-order chi connectivity index (χ1) is 10.5. The van der Waals surface area contributed by atoms with Crippen LogP contribution in [0, 0.1) is 6.92 Å². The molecule has 0 bridgehead atoms. The number of benzene rings is 1. The fraction of sp³-hybridized carbons (Fsp3) is 0.176. The summed E-state index contributed by atoms with van der Waals surface area (Å²) in [5, 5.41) is 0.702. The van der Waals surface area contributed by atoms with Crippen LogP contribution < -0.4 is 5.73 Å². The van der Waals surface area contributed by atoms with E-state index in [4.69, 9.17) is 34.5 Å². The topological polar surface area (TPSA) is 43.3 Å². The summed E-state index contributed by atoms with van der Waals surface area (Å²) in [6, 6.07) is 13.7. The number of aryl methyl sites for hydroxylation is 1. The second-order valence-corrected chi connectivity index (χ2v) is 6.25. The van der Waals surface area contributed by atoms with Crippen molar-refractivity contribution in [3.8, 4) is 11.3 Å². The van der Waals surface area contributed by atoms with E-state index in [1.165, 1.54) is 0 Å². The largest absolute Gasteiger partial charge is 0.393 e. The number of fused-ring (bicyclic) bond motifs is 1. The zero-order valence-corrected chi connectivity index (χ0v) is 13.9. The highest BCUT2D eigenvalue weighted by Crippen LogP contribution is 2.31. The monoisotopic (exact) mass is 329 g/mol. The van der Waals surface area contributed by atoms with Crippen LogP contribution in [0.3, 0.4) is 0 Å². The molecule has 0 aliphatic carbocycles. The maximum atomic E-state index is 5.99. The molecule has 0 aliphatic rings. The second kappa shape index (κ2) is 5.71. The summed E-state index contributed by atoms with van der Waals surface area (Å²) in [6.07, 6.45) is 0. The van der Waals surface area contributed by atoms with Crippen LogP contribution in [0.1, 0.15) is 24.2 Å². The lowest BCUT2D eigenvalue weighted by molar-refractivity contribution is 0.908. The van der Waals surface area contributed by atoms with Gasteiger partial charge in [0.1, 0.15) is 5.65 Å². The van der Waals surface area contributed by atoms with Crippen molar-refractivity contribution in [1.29, 1.82) is 0 Å². The van der Waals surface area contributed by atoms with Gasteiger partial charge in [-0.05, 0) is 31.2 Å². The fourth-order valence-electron chi connectivity index (χ4n) is 2.64. The molecule has 2 heterocycles. The number of hydrogen-bond donors (Lipinski definition) is 1. The highest BCUT2D eigenvalue weighted by atomic mass is 35.5. The van der Waals surface area contributed by atoms with Crippen molar-refractivity contribution in [1.82, 2.24) is 9.38 Å². The van der Waals surface area contributed by atoms with Gasteiger partial charge < -0.3 is 5.73 Å². The van der Waals surface area contributed by atoms with Gasteiger partial charge in [0, 0.05) is 22.2 Å². The SMILES string of the molecule is Cc1cccc2nc(-c3ccc(Cl)cc3)c(C(C)C(N)=S)n12. The molecule has 0 radical (unpaired) electrons. The van der Waals surface area contributed by atoms with Crippen molar-refractivity contribution in [2.45, 2.75) is 19.8 Å². The first kappa shape index (κ1) is 15.0. The zero-order valence-electron chi connectivity index (χ0n) is 12.4. The molecule has 0 amide bonds. The van der Waals surface area contributed by atoms with E-state index in [-0.39, 0.29) is 5.92 Å². The van der Waals surface area contributed by atoms with E-state index in [1.807, 2.05) is 43.3 Å². The fourth-order valence-corrected chi connectivity index (χ4v) is 2.87. The van der Waals surface area contributed by atoms with Crippen LogP contribution in [-0.4, -0.2) is 14.4 Å². The van der Waals surface area contributed by atoms with Crippen LogP contribution >= 0.6 is 23.8 Å². The zero-order chi connectivity index (χ0) is 15.9. The van der Waals surface area contributed by atoms with Gasteiger partial charge in [0.05, 0.1) is 16.4 Å². The molecule has 0 saturated carbocycles. The number of hydrogen-bond acceptors (Lipinski definition) is 2. The quantitative estimate of drug-likeness (QED) is 0.726. The normalized spacial score (nSPS) is 12.5. The Bertz CT molecular complexity index is 852. The standard InChI is InChI=1S/C17H16ClN3S/c1-10-4-3-5-14-20-15(12-6-8-13(18)9-7-12)16(21(10)14)11(2)17(19)22/h3-9,11H,1-2H3,(H2,19,22). The van der Waals surface area contributed by atoms with Gasteiger partial charge in [0.25, 0.3) is 0 Å². The number of pyridine rings is 1. The maximum Gasteiger partial charge on any atom is 0.137 e. The van der Waals surface area contributed by atoms with Crippen molar-refractivity contribution in [3.63, 3.8) is 0 Å². The second-order valence-electron chi connectivity index (χ2n) is 5.34. The van der Waals surface area contributed by atoms with Crippen LogP contribution in [0.25, 0.3) is 16.9 Å². The molecule has 112 valence electrons. The molecule has 0 saturated heterocycles. The van der Waals surface area contributed by atoms with Crippen molar-refractivity contribution < 1.29 is 0 Å². The molecule has 2 aromatic heterocycles. The Balaban J connectivity index is 2.34. The van der Waals surface area contributed by atoms with Crippen molar-refractivity contribution in [2.24, 2.45) is 5.73 Å². The Hall–Kier alpha value is -1.91. The molecule has 5 heteroatoms. The van der Waals surface area contributed by atoms with Crippen LogP contribution in [0.2, 0.25) is 5.02 Å². The third kappa shape index (κ3) is 2.49. The highest BCUT2D eigenvalue weighted by molar-refractivity contribution is 7.80. The lowest BCUT2D eigenvalue weighted by Gasteiger charge is -2.14. The van der Waals surface area contributed by atoms with E-state index >= 15 is 0 Å². The van der Waals surface area contributed by atoms with Gasteiger partial charge in [0.15, 0.2) is 0 Å². The van der Waals surface area contributed by atoms with Crippen LogP contribution in [0.5, 0.6) is 0 Å². The number of nitrogens with zero attached hydrogens (tertiary/aromatic N) is 2. The summed E-state index contributed by atoms with van der Waals surface area (Å²) in [4.78, 5) is 5.24. The number of imidazole rings is 1. The summed E-state index contributed by atoms with van der Waals surface area (Å²) in [5.74, 6) is -0.0724. The number of nitrogens with two attached hydrogens (primary N) is 1. The van der Waals surface area contributed by atoms with Gasteiger partial charge in [0.2, 0.25) is 0 Å². The predicted molar refractivity (Wildman–Crippen MR) is 95.6 cm³/mol. The van der Waals surface area contributed by atoms with E-state index in [9.17, 15) is 0 Å². The summed E-state index contributed by atoms with van der Waals surface area (Å²) in [6.45, 7) is 4.06. The Kier molecular flexibility index (Phi) is 3.89. The summed E-state index contributed by atoms with van der Waals surface area (Å²) < 4.78 is 2.12.